The maximum Gasteiger partial charge on any atom is 0.321 e. The lowest BCUT2D eigenvalue weighted by atomic mass is 10.1. The van der Waals surface area contributed by atoms with Gasteiger partial charge in [-0.05, 0) is 38.7 Å². The van der Waals surface area contributed by atoms with Crippen molar-refractivity contribution in [3.05, 3.63) is 24.5 Å². The fourth-order valence-electron chi connectivity index (χ4n) is 3.45. The van der Waals surface area contributed by atoms with Gasteiger partial charge in [-0.15, -0.1) is 0 Å². The number of fused-ring (bicyclic) bond motifs is 1. The van der Waals surface area contributed by atoms with E-state index in [1.807, 2.05) is 43.5 Å². The van der Waals surface area contributed by atoms with E-state index in [4.69, 9.17) is 4.74 Å². The van der Waals surface area contributed by atoms with Crippen LogP contribution >= 0.6 is 0 Å². The highest BCUT2D eigenvalue weighted by Crippen LogP contribution is 2.19. The van der Waals surface area contributed by atoms with Crippen molar-refractivity contribution in [2.75, 3.05) is 52.3 Å². The van der Waals surface area contributed by atoms with Gasteiger partial charge in [0, 0.05) is 37.8 Å². The third-order valence-electron chi connectivity index (χ3n) is 4.59. The molecule has 2 aromatic rings. The molecule has 1 aliphatic heterocycles. The van der Waals surface area contributed by atoms with E-state index < -0.39 is 0 Å². The second-order valence-electron chi connectivity index (χ2n) is 7.22. The molecule has 1 aromatic heterocycles. The van der Waals surface area contributed by atoms with Crippen LogP contribution < -0.4 is 5.32 Å². The Kier molecular flexibility index (Phi) is 6.11. The molecule has 0 saturated carbocycles. The number of imidazole rings is 1. The molecule has 26 heavy (non-hydrogen) atoms. The summed E-state index contributed by atoms with van der Waals surface area (Å²) >= 11 is 0. The highest BCUT2D eigenvalue weighted by atomic mass is 16.5. The van der Waals surface area contributed by atoms with Gasteiger partial charge in [0.2, 0.25) is 0 Å². The first-order valence-electron chi connectivity index (χ1n) is 9.30. The van der Waals surface area contributed by atoms with Crippen LogP contribution in [-0.4, -0.2) is 72.3 Å². The van der Waals surface area contributed by atoms with Gasteiger partial charge in [0.15, 0.2) is 0 Å². The van der Waals surface area contributed by atoms with Crippen LogP contribution in [-0.2, 0) is 11.3 Å². The molecule has 1 fully saturated rings. The van der Waals surface area contributed by atoms with E-state index in [0.717, 1.165) is 36.2 Å². The molecule has 1 saturated heterocycles. The van der Waals surface area contributed by atoms with Crippen molar-refractivity contribution in [2.24, 2.45) is 5.92 Å². The smallest absolute Gasteiger partial charge is 0.321 e. The number of ether oxygens (including phenoxy) is 1. The number of benzene rings is 1. The van der Waals surface area contributed by atoms with Crippen LogP contribution in [0.1, 0.15) is 13.3 Å². The fraction of sp³-hybridized carbons (Fsp3) is 0.579. The fourth-order valence-corrected chi connectivity index (χ4v) is 3.45. The summed E-state index contributed by atoms with van der Waals surface area (Å²) in [6.45, 7) is 6.60. The van der Waals surface area contributed by atoms with Gasteiger partial charge in [-0.3, -0.25) is 0 Å². The predicted octanol–water partition coefficient (Wildman–Crippen LogP) is 2.49. The third-order valence-corrected chi connectivity index (χ3v) is 4.59. The Morgan fingerprint density at radius 3 is 3.04 bits per heavy atom. The number of anilines is 1. The van der Waals surface area contributed by atoms with Gasteiger partial charge in [0.1, 0.15) is 0 Å². The number of aryl methyl sites for hydroxylation is 1. The van der Waals surface area contributed by atoms with E-state index >= 15 is 0 Å². The summed E-state index contributed by atoms with van der Waals surface area (Å²) in [5, 5.41) is 3.02. The van der Waals surface area contributed by atoms with Crippen LogP contribution in [0.25, 0.3) is 11.0 Å². The minimum absolute atomic E-state index is 0.0772. The molecule has 2 heterocycles. The zero-order valence-corrected chi connectivity index (χ0v) is 15.9. The summed E-state index contributed by atoms with van der Waals surface area (Å²) < 4.78 is 7.80. The Bertz CT molecular complexity index is 743. The van der Waals surface area contributed by atoms with E-state index in [9.17, 15) is 4.79 Å². The average Bonchev–Trinajstić information content (AvgIpc) is 2.84. The van der Waals surface area contributed by atoms with Gasteiger partial charge >= 0.3 is 6.03 Å². The van der Waals surface area contributed by atoms with Gasteiger partial charge in [0.05, 0.1) is 30.6 Å². The highest BCUT2D eigenvalue weighted by Gasteiger charge is 2.23. The largest absolute Gasteiger partial charge is 0.379 e. The van der Waals surface area contributed by atoms with Gasteiger partial charge in [-0.1, -0.05) is 6.92 Å². The molecule has 142 valence electrons. The second kappa shape index (κ2) is 8.51. The molecule has 0 radical (unpaired) electrons. The van der Waals surface area contributed by atoms with Crippen molar-refractivity contribution >= 4 is 22.8 Å². The summed E-state index contributed by atoms with van der Waals surface area (Å²) in [6, 6.07) is 5.82. The minimum Gasteiger partial charge on any atom is -0.379 e. The zero-order valence-electron chi connectivity index (χ0n) is 15.9. The molecule has 1 aliphatic rings. The topological polar surface area (TPSA) is 62.6 Å². The Morgan fingerprint density at radius 2 is 2.27 bits per heavy atom. The molecule has 1 aromatic carbocycles. The van der Waals surface area contributed by atoms with E-state index in [1.54, 1.807) is 0 Å². The summed E-state index contributed by atoms with van der Waals surface area (Å²) in [5.41, 5.74) is 2.78. The van der Waals surface area contributed by atoms with E-state index in [-0.39, 0.29) is 6.03 Å². The second-order valence-corrected chi connectivity index (χ2v) is 7.22. The average molecular weight is 359 g/mol. The highest BCUT2D eigenvalue weighted by molar-refractivity contribution is 5.92. The number of carbonyl (C=O) groups excluding carboxylic acids is 1. The standard InChI is InChI=1S/C19H29N5O2/c1-4-7-24-14-20-17-10-16(5-6-18(17)24)21-19(25)23-8-9-26-13-15(12-23)11-22(2)3/h5-6,10,14-15H,4,7-9,11-13H2,1-3H3,(H,21,25)/t15-/m1/s1. The van der Waals surface area contributed by atoms with Gasteiger partial charge < -0.3 is 24.4 Å². The zero-order chi connectivity index (χ0) is 18.5. The number of carbonyl (C=O) groups is 1. The predicted molar refractivity (Wildman–Crippen MR) is 103 cm³/mol. The molecular weight excluding hydrogens is 330 g/mol. The lowest BCUT2D eigenvalue weighted by Gasteiger charge is -2.25. The summed E-state index contributed by atoms with van der Waals surface area (Å²) in [5.74, 6) is 0.325. The Hall–Kier alpha value is -2.12. The molecule has 7 heteroatoms. The van der Waals surface area contributed by atoms with Crippen LogP contribution in [0.2, 0.25) is 0 Å². The molecule has 1 N–H and O–H groups in total. The van der Waals surface area contributed by atoms with Crippen molar-refractivity contribution in [3.8, 4) is 0 Å². The third kappa shape index (κ3) is 4.53. The summed E-state index contributed by atoms with van der Waals surface area (Å²) in [7, 11) is 4.09. The maximum absolute atomic E-state index is 12.7. The number of nitrogens with zero attached hydrogens (tertiary/aromatic N) is 4. The molecule has 1 atom stereocenters. The van der Waals surface area contributed by atoms with E-state index in [0.29, 0.717) is 32.2 Å². The Morgan fingerprint density at radius 1 is 1.42 bits per heavy atom. The molecule has 2 amide bonds. The van der Waals surface area contributed by atoms with Crippen LogP contribution in [0.3, 0.4) is 0 Å². The molecular formula is C19H29N5O2. The number of aromatic nitrogens is 2. The van der Waals surface area contributed by atoms with Crippen LogP contribution in [0.15, 0.2) is 24.5 Å². The first-order chi connectivity index (χ1) is 12.6. The van der Waals surface area contributed by atoms with Crippen LogP contribution in [0.5, 0.6) is 0 Å². The van der Waals surface area contributed by atoms with Crippen molar-refractivity contribution in [2.45, 2.75) is 19.9 Å². The number of amides is 2. The number of urea groups is 1. The molecule has 7 nitrogen and oxygen atoms in total. The normalized spacial score (nSPS) is 18.3. The number of hydrogen-bond acceptors (Lipinski definition) is 4. The van der Waals surface area contributed by atoms with Crippen molar-refractivity contribution in [1.29, 1.82) is 0 Å². The molecule has 3 rings (SSSR count). The van der Waals surface area contributed by atoms with E-state index in [1.165, 1.54) is 0 Å². The maximum atomic E-state index is 12.7. The molecule has 0 bridgehead atoms. The molecule has 0 spiro atoms. The SMILES string of the molecule is CCCn1cnc2cc(NC(=O)N3CCOC[C@H](CN(C)C)C3)ccc21. The summed E-state index contributed by atoms with van der Waals surface area (Å²) in [4.78, 5) is 21.1. The Labute approximate surface area is 154 Å². The van der Waals surface area contributed by atoms with Gasteiger partial charge in [-0.2, -0.15) is 0 Å². The van der Waals surface area contributed by atoms with Crippen LogP contribution in [0, 0.1) is 5.92 Å². The first-order valence-corrected chi connectivity index (χ1v) is 9.30. The van der Waals surface area contributed by atoms with Gasteiger partial charge in [-0.25, -0.2) is 9.78 Å². The molecule has 0 unspecified atom stereocenters. The van der Waals surface area contributed by atoms with Crippen molar-refractivity contribution in [3.63, 3.8) is 0 Å². The van der Waals surface area contributed by atoms with Crippen LogP contribution in [0.4, 0.5) is 10.5 Å². The van der Waals surface area contributed by atoms with Crippen molar-refractivity contribution < 1.29 is 9.53 Å². The number of nitrogens with one attached hydrogen (secondary N) is 1. The lowest BCUT2D eigenvalue weighted by molar-refractivity contribution is 0.112. The molecule has 0 aliphatic carbocycles. The van der Waals surface area contributed by atoms with Crippen molar-refractivity contribution in [1.82, 2.24) is 19.4 Å². The van der Waals surface area contributed by atoms with Gasteiger partial charge in [0.25, 0.3) is 0 Å². The Balaban J connectivity index is 1.67. The monoisotopic (exact) mass is 359 g/mol. The minimum atomic E-state index is -0.0772. The quantitative estimate of drug-likeness (QED) is 0.891. The van der Waals surface area contributed by atoms with E-state index in [2.05, 4.69) is 26.7 Å². The summed E-state index contributed by atoms with van der Waals surface area (Å²) in [6.07, 6.45) is 2.92. The number of rotatable bonds is 5. The first kappa shape index (κ1) is 18.7. The lowest BCUT2D eigenvalue weighted by Crippen LogP contribution is -2.41. The number of hydrogen-bond donors (Lipinski definition) is 1.